The lowest BCUT2D eigenvalue weighted by Crippen LogP contribution is -2.54. The summed E-state index contributed by atoms with van der Waals surface area (Å²) in [6, 6.07) is 2.04. The smallest absolute Gasteiger partial charge is 0.242 e. The number of hydrogen-bond acceptors (Lipinski definition) is 7. The van der Waals surface area contributed by atoms with E-state index in [4.69, 9.17) is 9.97 Å². The molecule has 30 heavy (non-hydrogen) atoms. The van der Waals surface area contributed by atoms with E-state index in [1.807, 2.05) is 31.0 Å². The van der Waals surface area contributed by atoms with E-state index in [1.54, 1.807) is 11.3 Å². The topological polar surface area (TPSA) is 83.0 Å². The SMILES string of the molecule is CCCc1cc(Nc2ncc(C)s2)nc(C2CCN(C(=O)C3(C)CCCN3)CC2)n1. The molecule has 0 aromatic carbocycles. The second-order valence-corrected chi connectivity index (χ2v) is 9.92. The van der Waals surface area contributed by atoms with Crippen LogP contribution in [-0.4, -0.2) is 50.9 Å². The van der Waals surface area contributed by atoms with Crippen molar-refractivity contribution in [2.45, 2.75) is 70.8 Å². The fourth-order valence-electron chi connectivity index (χ4n) is 4.44. The first kappa shape index (κ1) is 21.2. The largest absolute Gasteiger partial charge is 0.341 e. The monoisotopic (exact) mass is 428 g/mol. The lowest BCUT2D eigenvalue weighted by molar-refractivity contribution is -0.138. The zero-order valence-corrected chi connectivity index (χ0v) is 19.0. The minimum Gasteiger partial charge on any atom is -0.341 e. The summed E-state index contributed by atoms with van der Waals surface area (Å²) in [5.74, 6) is 2.25. The molecule has 0 spiro atoms. The van der Waals surface area contributed by atoms with Gasteiger partial charge in [0.25, 0.3) is 0 Å². The van der Waals surface area contributed by atoms with Gasteiger partial charge < -0.3 is 15.5 Å². The molecule has 0 aliphatic carbocycles. The molecule has 2 fully saturated rings. The lowest BCUT2D eigenvalue weighted by Gasteiger charge is -2.36. The van der Waals surface area contributed by atoms with Crippen LogP contribution in [0.3, 0.4) is 0 Å². The van der Waals surface area contributed by atoms with Crippen molar-refractivity contribution in [1.29, 1.82) is 0 Å². The van der Waals surface area contributed by atoms with Crippen LogP contribution in [-0.2, 0) is 11.2 Å². The molecule has 8 heteroatoms. The predicted molar refractivity (Wildman–Crippen MR) is 120 cm³/mol. The second-order valence-electron chi connectivity index (χ2n) is 8.68. The molecular weight excluding hydrogens is 396 g/mol. The molecule has 4 heterocycles. The van der Waals surface area contributed by atoms with Crippen LogP contribution < -0.4 is 10.6 Å². The third kappa shape index (κ3) is 4.64. The normalized spacial score (nSPS) is 22.4. The van der Waals surface area contributed by atoms with Crippen molar-refractivity contribution in [3.8, 4) is 0 Å². The highest BCUT2D eigenvalue weighted by Gasteiger charge is 2.40. The Hall–Kier alpha value is -2.06. The third-order valence-corrected chi connectivity index (χ3v) is 6.98. The molecule has 2 aromatic rings. The van der Waals surface area contributed by atoms with Gasteiger partial charge in [-0.25, -0.2) is 15.0 Å². The average molecular weight is 429 g/mol. The number of nitrogens with one attached hydrogen (secondary N) is 2. The summed E-state index contributed by atoms with van der Waals surface area (Å²) >= 11 is 1.63. The summed E-state index contributed by atoms with van der Waals surface area (Å²) < 4.78 is 0. The van der Waals surface area contributed by atoms with Gasteiger partial charge in [-0.2, -0.15) is 0 Å². The van der Waals surface area contributed by atoms with E-state index in [1.165, 1.54) is 4.88 Å². The molecular formula is C22H32N6OS. The van der Waals surface area contributed by atoms with Crippen LogP contribution in [0.2, 0.25) is 0 Å². The molecule has 1 atom stereocenters. The summed E-state index contributed by atoms with van der Waals surface area (Å²) in [5.41, 5.74) is 0.687. The van der Waals surface area contributed by atoms with Gasteiger partial charge in [0.1, 0.15) is 11.6 Å². The van der Waals surface area contributed by atoms with Crippen LogP contribution in [0.1, 0.15) is 68.3 Å². The molecule has 7 nitrogen and oxygen atoms in total. The van der Waals surface area contributed by atoms with Gasteiger partial charge in [-0.05, 0) is 52.5 Å². The zero-order valence-electron chi connectivity index (χ0n) is 18.2. The number of anilines is 2. The summed E-state index contributed by atoms with van der Waals surface area (Å²) in [6.07, 6.45) is 7.67. The Morgan fingerprint density at radius 1 is 1.37 bits per heavy atom. The number of aromatic nitrogens is 3. The average Bonchev–Trinajstić information content (AvgIpc) is 3.36. The minimum absolute atomic E-state index is 0.251. The number of rotatable bonds is 6. The standard InChI is InChI=1S/C22H32N6OS/c1-4-6-17-13-18(27-21-23-14-15(2)30-21)26-19(25-17)16-7-11-28(12-8-16)20(29)22(3)9-5-10-24-22/h13-14,16,24H,4-12H2,1-3H3,(H,23,25,26,27). The predicted octanol–water partition coefficient (Wildman–Crippen LogP) is 3.79. The number of likely N-dealkylation sites (tertiary alicyclic amines) is 1. The number of thiazole rings is 1. The third-order valence-electron chi connectivity index (χ3n) is 6.15. The number of aryl methyl sites for hydroxylation is 2. The Morgan fingerprint density at radius 3 is 2.80 bits per heavy atom. The van der Waals surface area contributed by atoms with Gasteiger partial charge in [-0.1, -0.05) is 13.3 Å². The maximum absolute atomic E-state index is 13.0. The number of carbonyl (C=O) groups is 1. The number of nitrogens with zero attached hydrogens (tertiary/aromatic N) is 4. The summed E-state index contributed by atoms with van der Waals surface area (Å²) in [7, 11) is 0. The lowest BCUT2D eigenvalue weighted by atomic mass is 9.92. The fraction of sp³-hybridized carbons (Fsp3) is 0.636. The Kier molecular flexibility index (Phi) is 6.34. The van der Waals surface area contributed by atoms with Crippen molar-refractivity contribution in [3.05, 3.63) is 28.7 Å². The molecule has 1 amide bonds. The van der Waals surface area contributed by atoms with E-state index in [0.717, 1.165) is 80.6 Å². The quantitative estimate of drug-likeness (QED) is 0.728. The molecule has 0 radical (unpaired) electrons. The van der Waals surface area contributed by atoms with Crippen LogP contribution in [0.25, 0.3) is 0 Å². The Morgan fingerprint density at radius 2 is 2.17 bits per heavy atom. The highest BCUT2D eigenvalue weighted by Crippen LogP contribution is 2.30. The van der Waals surface area contributed by atoms with E-state index in [0.29, 0.717) is 0 Å². The van der Waals surface area contributed by atoms with Crippen LogP contribution in [0.4, 0.5) is 10.9 Å². The Bertz CT molecular complexity index is 884. The first-order valence-corrected chi connectivity index (χ1v) is 11.9. The van der Waals surface area contributed by atoms with Crippen LogP contribution in [0, 0.1) is 6.92 Å². The van der Waals surface area contributed by atoms with E-state index in [2.05, 4.69) is 22.5 Å². The van der Waals surface area contributed by atoms with Gasteiger partial charge in [0.15, 0.2) is 5.13 Å². The van der Waals surface area contributed by atoms with E-state index in [9.17, 15) is 4.79 Å². The molecule has 2 aliphatic heterocycles. The van der Waals surface area contributed by atoms with Gasteiger partial charge >= 0.3 is 0 Å². The summed E-state index contributed by atoms with van der Waals surface area (Å²) in [4.78, 5) is 30.3. The molecule has 0 saturated carbocycles. The van der Waals surface area contributed by atoms with Gasteiger partial charge in [0.05, 0.1) is 5.54 Å². The van der Waals surface area contributed by atoms with Crippen molar-refractivity contribution in [2.75, 3.05) is 25.0 Å². The van der Waals surface area contributed by atoms with Crippen LogP contribution in [0.15, 0.2) is 12.3 Å². The van der Waals surface area contributed by atoms with Gasteiger partial charge in [0.2, 0.25) is 5.91 Å². The maximum atomic E-state index is 13.0. The molecule has 0 bridgehead atoms. The maximum Gasteiger partial charge on any atom is 0.242 e. The molecule has 162 valence electrons. The first-order valence-electron chi connectivity index (χ1n) is 11.1. The molecule has 1 unspecified atom stereocenters. The van der Waals surface area contributed by atoms with Crippen molar-refractivity contribution in [3.63, 3.8) is 0 Å². The Labute approximate surface area is 182 Å². The van der Waals surface area contributed by atoms with E-state index in [-0.39, 0.29) is 17.4 Å². The number of amides is 1. The van der Waals surface area contributed by atoms with Crippen LogP contribution in [0.5, 0.6) is 0 Å². The van der Waals surface area contributed by atoms with Gasteiger partial charge in [0, 0.05) is 41.8 Å². The summed E-state index contributed by atoms with van der Waals surface area (Å²) in [5, 5.41) is 7.61. The van der Waals surface area contributed by atoms with Gasteiger partial charge in [-0.15, -0.1) is 11.3 Å². The highest BCUT2D eigenvalue weighted by atomic mass is 32.1. The zero-order chi connectivity index (χ0) is 21.1. The molecule has 4 rings (SSSR count). The van der Waals surface area contributed by atoms with E-state index >= 15 is 0 Å². The van der Waals surface area contributed by atoms with Gasteiger partial charge in [-0.3, -0.25) is 4.79 Å². The molecule has 2 N–H and O–H groups in total. The summed E-state index contributed by atoms with van der Waals surface area (Å²) in [6.45, 7) is 8.75. The number of carbonyl (C=O) groups excluding carboxylic acids is 1. The van der Waals surface area contributed by atoms with Crippen LogP contribution >= 0.6 is 11.3 Å². The highest BCUT2D eigenvalue weighted by molar-refractivity contribution is 7.15. The minimum atomic E-state index is -0.382. The number of piperidine rings is 1. The number of hydrogen-bond donors (Lipinski definition) is 2. The molecule has 2 aliphatic rings. The van der Waals surface area contributed by atoms with Crippen molar-refractivity contribution in [1.82, 2.24) is 25.2 Å². The molecule has 2 saturated heterocycles. The van der Waals surface area contributed by atoms with Crippen molar-refractivity contribution >= 4 is 28.2 Å². The fourth-order valence-corrected chi connectivity index (χ4v) is 5.11. The molecule has 2 aromatic heterocycles. The second kappa shape index (κ2) is 8.98. The first-order chi connectivity index (χ1) is 14.5. The Balaban J connectivity index is 1.46. The van der Waals surface area contributed by atoms with Crippen molar-refractivity contribution < 1.29 is 4.79 Å². The van der Waals surface area contributed by atoms with E-state index < -0.39 is 0 Å². The van der Waals surface area contributed by atoms with Crippen molar-refractivity contribution in [2.24, 2.45) is 0 Å².